The highest BCUT2D eigenvalue weighted by atomic mass is 32.1. The number of benzene rings is 1. The number of carbonyl (C=O) groups is 1. The number of aryl methyl sites for hydroxylation is 1. The number of nitrogens with zero attached hydrogens (tertiary/aromatic N) is 1. The molecule has 4 aliphatic carbocycles. The van der Waals surface area contributed by atoms with Gasteiger partial charge in [0.1, 0.15) is 0 Å². The van der Waals surface area contributed by atoms with Crippen molar-refractivity contribution in [2.45, 2.75) is 63.2 Å². The molecule has 4 aliphatic rings. The summed E-state index contributed by atoms with van der Waals surface area (Å²) in [5.41, 5.74) is 4.65. The Morgan fingerprint density at radius 2 is 1.77 bits per heavy atom. The van der Waals surface area contributed by atoms with E-state index in [2.05, 4.69) is 41.9 Å². The van der Waals surface area contributed by atoms with Crippen molar-refractivity contribution in [3.63, 3.8) is 0 Å². The molecule has 3 nitrogen and oxygen atoms in total. The van der Waals surface area contributed by atoms with Crippen molar-refractivity contribution in [2.75, 3.05) is 5.32 Å². The van der Waals surface area contributed by atoms with Crippen molar-refractivity contribution in [3.8, 4) is 0 Å². The molecule has 4 fully saturated rings. The number of anilines is 1. The number of thiazole rings is 1. The Labute approximate surface area is 159 Å². The molecule has 1 heterocycles. The maximum absolute atomic E-state index is 11.4. The van der Waals surface area contributed by atoms with Gasteiger partial charge in [0.25, 0.3) is 0 Å². The number of aromatic nitrogens is 1. The van der Waals surface area contributed by atoms with E-state index in [9.17, 15) is 4.79 Å². The van der Waals surface area contributed by atoms with Gasteiger partial charge in [0.2, 0.25) is 5.91 Å². The van der Waals surface area contributed by atoms with Crippen LogP contribution in [0.4, 0.5) is 5.13 Å². The van der Waals surface area contributed by atoms with Crippen LogP contribution >= 0.6 is 11.3 Å². The number of rotatable bonds is 3. The van der Waals surface area contributed by atoms with Crippen LogP contribution in [0, 0.1) is 18.8 Å². The molecule has 2 atom stereocenters. The monoisotopic (exact) mass is 366 g/mol. The number of nitrogens with one attached hydrogen (secondary N) is 1. The predicted octanol–water partition coefficient (Wildman–Crippen LogP) is 5.20. The highest BCUT2D eigenvalue weighted by Gasteiger charge is 2.59. The van der Waals surface area contributed by atoms with Gasteiger partial charge >= 0.3 is 0 Å². The van der Waals surface area contributed by atoms with E-state index in [1.165, 1.54) is 49.8 Å². The van der Waals surface area contributed by atoms with Crippen molar-refractivity contribution in [1.82, 2.24) is 4.98 Å². The molecule has 136 valence electrons. The van der Waals surface area contributed by atoms with Crippen LogP contribution < -0.4 is 5.32 Å². The summed E-state index contributed by atoms with van der Waals surface area (Å²) >= 11 is 1.58. The van der Waals surface area contributed by atoms with Crippen LogP contribution in [0.15, 0.2) is 29.6 Å². The summed E-state index contributed by atoms with van der Waals surface area (Å²) in [7, 11) is 0. The number of amides is 1. The first-order valence-electron chi connectivity index (χ1n) is 9.77. The molecule has 0 aliphatic heterocycles. The topological polar surface area (TPSA) is 42.0 Å². The van der Waals surface area contributed by atoms with Crippen LogP contribution in [0.25, 0.3) is 0 Å². The first kappa shape index (κ1) is 16.5. The summed E-state index contributed by atoms with van der Waals surface area (Å²) in [4.78, 5) is 16.3. The summed E-state index contributed by atoms with van der Waals surface area (Å²) in [6.07, 6.45) is 7.87. The summed E-state index contributed by atoms with van der Waals surface area (Å²) < 4.78 is 0. The molecule has 4 saturated carbocycles. The van der Waals surface area contributed by atoms with E-state index in [0.717, 1.165) is 17.0 Å². The molecule has 4 bridgehead atoms. The first-order chi connectivity index (χ1) is 12.5. The van der Waals surface area contributed by atoms with Gasteiger partial charge in [-0.3, -0.25) is 4.79 Å². The predicted molar refractivity (Wildman–Crippen MR) is 106 cm³/mol. The van der Waals surface area contributed by atoms with Crippen LogP contribution in [0.1, 0.15) is 62.3 Å². The van der Waals surface area contributed by atoms with Gasteiger partial charge in [-0.25, -0.2) is 4.98 Å². The Kier molecular flexibility index (Phi) is 3.59. The van der Waals surface area contributed by atoms with Gasteiger partial charge in [-0.1, -0.05) is 29.8 Å². The first-order valence-corrected chi connectivity index (χ1v) is 10.7. The average Bonchev–Trinajstić information content (AvgIpc) is 3.03. The largest absolute Gasteiger partial charge is 0.302 e. The second kappa shape index (κ2) is 5.66. The highest BCUT2D eigenvalue weighted by Crippen LogP contribution is 2.66. The van der Waals surface area contributed by atoms with Gasteiger partial charge in [-0.05, 0) is 68.3 Å². The lowest BCUT2D eigenvalue weighted by molar-refractivity contribution is -0.114. The van der Waals surface area contributed by atoms with E-state index >= 15 is 0 Å². The van der Waals surface area contributed by atoms with Crippen LogP contribution in [0.5, 0.6) is 0 Å². The maximum atomic E-state index is 11.4. The standard InChI is InChI=1S/C22H26N2OS/c1-14-3-5-18(6-4-14)21-8-16-7-17(9-21)11-22(10-16,13-21)19-12-26-20(24-19)23-15(2)25/h3-6,12,16-17H,7-11,13H2,1-2H3,(H,23,24,25). The fraction of sp³-hybridized carbons (Fsp3) is 0.545. The van der Waals surface area contributed by atoms with Crippen LogP contribution in [0.2, 0.25) is 0 Å². The minimum atomic E-state index is -0.0347. The third-order valence-corrected chi connectivity index (χ3v) is 7.81. The molecule has 4 heteroatoms. The molecule has 1 aromatic carbocycles. The van der Waals surface area contributed by atoms with Crippen LogP contribution in [-0.4, -0.2) is 10.9 Å². The second-order valence-corrected chi connectivity index (χ2v) is 9.96. The minimum absolute atomic E-state index is 0.0347. The quantitative estimate of drug-likeness (QED) is 0.811. The lowest BCUT2D eigenvalue weighted by atomic mass is 9.42. The SMILES string of the molecule is CC(=O)Nc1nc(C23CC4CC(CC(c5ccc(C)cc5)(C4)C2)C3)cs1. The second-order valence-electron chi connectivity index (χ2n) is 9.11. The van der Waals surface area contributed by atoms with Crippen molar-refractivity contribution < 1.29 is 4.79 Å². The van der Waals surface area contributed by atoms with Gasteiger partial charge in [0, 0.05) is 17.7 Å². The zero-order valence-corrected chi connectivity index (χ0v) is 16.4. The molecule has 1 aromatic heterocycles. The van der Waals surface area contributed by atoms with Gasteiger partial charge in [0.15, 0.2) is 5.13 Å². The molecular weight excluding hydrogens is 340 g/mol. The Morgan fingerprint density at radius 3 is 2.42 bits per heavy atom. The normalized spacial score (nSPS) is 34.8. The van der Waals surface area contributed by atoms with E-state index in [1.807, 2.05) is 0 Å². The lowest BCUT2D eigenvalue weighted by Gasteiger charge is -2.62. The summed E-state index contributed by atoms with van der Waals surface area (Å²) in [6.45, 7) is 3.72. The molecule has 0 radical (unpaired) electrons. The molecule has 1 N–H and O–H groups in total. The Balaban J connectivity index is 1.53. The van der Waals surface area contributed by atoms with Crippen LogP contribution in [-0.2, 0) is 15.6 Å². The molecule has 0 spiro atoms. The fourth-order valence-corrected chi connectivity index (χ4v) is 7.41. The van der Waals surface area contributed by atoms with Crippen molar-refractivity contribution in [3.05, 3.63) is 46.5 Å². The van der Waals surface area contributed by atoms with Gasteiger partial charge in [-0.15, -0.1) is 11.3 Å². The molecule has 0 saturated heterocycles. The third-order valence-electron chi connectivity index (χ3n) is 7.06. The molecule has 6 rings (SSSR count). The third kappa shape index (κ3) is 2.53. The summed E-state index contributed by atoms with van der Waals surface area (Å²) in [6, 6.07) is 9.30. The molecule has 1 amide bonds. The Hall–Kier alpha value is -1.68. The lowest BCUT2D eigenvalue weighted by Crippen LogP contribution is -2.56. The fourth-order valence-electron chi connectivity index (χ4n) is 6.53. The Bertz CT molecular complexity index is 839. The van der Waals surface area contributed by atoms with Crippen molar-refractivity contribution >= 4 is 22.4 Å². The molecule has 2 unspecified atom stereocenters. The van der Waals surface area contributed by atoms with Crippen molar-refractivity contribution in [2.24, 2.45) is 11.8 Å². The average molecular weight is 367 g/mol. The number of hydrogen-bond acceptors (Lipinski definition) is 3. The molecule has 2 aromatic rings. The highest BCUT2D eigenvalue weighted by molar-refractivity contribution is 7.13. The zero-order chi connectivity index (χ0) is 17.9. The summed E-state index contributed by atoms with van der Waals surface area (Å²) in [5, 5.41) is 5.84. The Morgan fingerprint density at radius 1 is 1.12 bits per heavy atom. The molecular formula is C22H26N2OS. The van der Waals surface area contributed by atoms with E-state index in [-0.39, 0.29) is 11.3 Å². The van der Waals surface area contributed by atoms with Gasteiger partial charge < -0.3 is 5.32 Å². The van der Waals surface area contributed by atoms with E-state index in [4.69, 9.17) is 4.98 Å². The summed E-state index contributed by atoms with van der Waals surface area (Å²) in [5.74, 6) is 1.61. The van der Waals surface area contributed by atoms with Gasteiger partial charge in [-0.2, -0.15) is 0 Å². The smallest absolute Gasteiger partial charge is 0.223 e. The van der Waals surface area contributed by atoms with E-state index in [0.29, 0.717) is 5.41 Å². The molecule has 26 heavy (non-hydrogen) atoms. The number of hydrogen-bond donors (Lipinski definition) is 1. The van der Waals surface area contributed by atoms with Crippen molar-refractivity contribution in [1.29, 1.82) is 0 Å². The van der Waals surface area contributed by atoms with E-state index < -0.39 is 0 Å². The van der Waals surface area contributed by atoms with Crippen LogP contribution in [0.3, 0.4) is 0 Å². The minimum Gasteiger partial charge on any atom is -0.302 e. The maximum Gasteiger partial charge on any atom is 0.223 e. The zero-order valence-electron chi connectivity index (χ0n) is 15.5. The van der Waals surface area contributed by atoms with E-state index in [1.54, 1.807) is 23.8 Å². The number of carbonyl (C=O) groups excluding carboxylic acids is 1. The van der Waals surface area contributed by atoms with Gasteiger partial charge in [0.05, 0.1) is 5.69 Å².